The van der Waals surface area contributed by atoms with Gasteiger partial charge in [-0.1, -0.05) is 13.3 Å². The normalized spacial score (nSPS) is 14.8. The summed E-state index contributed by atoms with van der Waals surface area (Å²) < 4.78 is 27.4. The highest BCUT2D eigenvalue weighted by Crippen LogP contribution is 2.19. The van der Waals surface area contributed by atoms with Crippen LogP contribution in [0.2, 0.25) is 0 Å². The molecule has 2 aromatic heterocycles. The van der Waals surface area contributed by atoms with E-state index in [1.54, 1.807) is 11.0 Å². The van der Waals surface area contributed by atoms with E-state index in [4.69, 9.17) is 0 Å². The van der Waals surface area contributed by atoms with E-state index in [-0.39, 0.29) is 22.3 Å². The molecule has 25 heavy (non-hydrogen) atoms. The minimum absolute atomic E-state index is 0.0214. The SMILES string of the molecule is CCCCc1cc(NS(=O)(=O)c2c[nH]c(C(=O)N3CCCC3)c2)n[nH]1. The number of nitrogens with zero attached hydrogens (tertiary/aromatic N) is 2. The highest BCUT2D eigenvalue weighted by Gasteiger charge is 2.24. The molecule has 9 heteroatoms. The van der Waals surface area contributed by atoms with Crippen LogP contribution < -0.4 is 4.72 Å². The van der Waals surface area contributed by atoms with Crippen LogP contribution in [0.5, 0.6) is 0 Å². The third-order valence-electron chi connectivity index (χ3n) is 4.26. The predicted molar refractivity (Wildman–Crippen MR) is 93.9 cm³/mol. The van der Waals surface area contributed by atoms with Gasteiger partial charge in [0.25, 0.3) is 15.9 Å². The van der Waals surface area contributed by atoms with Crippen molar-refractivity contribution in [3.05, 3.63) is 29.7 Å². The third-order valence-corrected chi connectivity index (χ3v) is 5.59. The predicted octanol–water partition coefficient (Wildman–Crippen LogP) is 2.12. The van der Waals surface area contributed by atoms with Gasteiger partial charge in [0.1, 0.15) is 10.6 Å². The van der Waals surface area contributed by atoms with Crippen LogP contribution in [0.3, 0.4) is 0 Å². The van der Waals surface area contributed by atoms with Gasteiger partial charge in [-0.05, 0) is 31.7 Å². The molecule has 0 radical (unpaired) electrons. The molecule has 1 amide bonds. The van der Waals surface area contributed by atoms with Gasteiger partial charge in [0.05, 0.1) is 0 Å². The Hall–Kier alpha value is -2.29. The Kier molecular flexibility index (Phi) is 5.12. The summed E-state index contributed by atoms with van der Waals surface area (Å²) in [5, 5.41) is 6.81. The van der Waals surface area contributed by atoms with Crippen LogP contribution in [-0.2, 0) is 16.4 Å². The van der Waals surface area contributed by atoms with Crippen molar-refractivity contribution in [1.29, 1.82) is 0 Å². The molecule has 8 nitrogen and oxygen atoms in total. The molecule has 1 saturated heterocycles. The van der Waals surface area contributed by atoms with Gasteiger partial charge in [0.15, 0.2) is 5.82 Å². The fourth-order valence-electron chi connectivity index (χ4n) is 2.85. The number of nitrogens with one attached hydrogen (secondary N) is 3. The Bertz CT molecular complexity index is 834. The number of carbonyl (C=O) groups excluding carboxylic acids is 1. The number of unbranched alkanes of at least 4 members (excludes halogenated alkanes) is 1. The molecular weight excluding hydrogens is 342 g/mol. The minimum atomic E-state index is -3.79. The maximum atomic E-state index is 12.5. The number of hydrogen-bond donors (Lipinski definition) is 3. The summed E-state index contributed by atoms with van der Waals surface area (Å²) in [6.45, 7) is 3.52. The van der Waals surface area contributed by atoms with Gasteiger partial charge in [0.2, 0.25) is 0 Å². The zero-order valence-electron chi connectivity index (χ0n) is 14.2. The molecule has 0 unspecified atom stereocenters. The van der Waals surface area contributed by atoms with Crippen LogP contribution >= 0.6 is 0 Å². The molecule has 1 aliphatic heterocycles. The minimum Gasteiger partial charge on any atom is -0.356 e. The number of anilines is 1. The van der Waals surface area contributed by atoms with Crippen molar-refractivity contribution in [2.75, 3.05) is 17.8 Å². The van der Waals surface area contributed by atoms with Crippen molar-refractivity contribution in [2.24, 2.45) is 0 Å². The van der Waals surface area contributed by atoms with Gasteiger partial charge in [-0.25, -0.2) is 8.42 Å². The van der Waals surface area contributed by atoms with Gasteiger partial charge in [0, 0.05) is 31.0 Å². The number of likely N-dealkylation sites (tertiary alicyclic amines) is 1. The average Bonchev–Trinajstić information content (AvgIpc) is 3.32. The fourth-order valence-corrected chi connectivity index (χ4v) is 3.83. The van der Waals surface area contributed by atoms with E-state index in [0.717, 1.165) is 37.8 Å². The molecule has 0 bridgehead atoms. The molecule has 3 heterocycles. The Morgan fingerprint density at radius 3 is 2.80 bits per heavy atom. The zero-order chi connectivity index (χ0) is 17.9. The van der Waals surface area contributed by atoms with E-state index in [1.807, 2.05) is 0 Å². The molecule has 3 rings (SSSR count). The number of sulfonamides is 1. The lowest BCUT2D eigenvalue weighted by Crippen LogP contribution is -2.27. The molecule has 1 fully saturated rings. The Balaban J connectivity index is 1.70. The largest absolute Gasteiger partial charge is 0.356 e. The van der Waals surface area contributed by atoms with Gasteiger partial charge in [-0.15, -0.1) is 0 Å². The number of carbonyl (C=O) groups is 1. The summed E-state index contributed by atoms with van der Waals surface area (Å²) in [4.78, 5) is 16.8. The molecule has 0 spiro atoms. The molecule has 0 aliphatic carbocycles. The van der Waals surface area contributed by atoms with Crippen LogP contribution in [0.25, 0.3) is 0 Å². The lowest BCUT2D eigenvalue weighted by atomic mass is 10.2. The van der Waals surface area contributed by atoms with Crippen molar-refractivity contribution in [2.45, 2.75) is 43.9 Å². The molecule has 1 aliphatic rings. The summed E-state index contributed by atoms with van der Waals surface area (Å²) in [5.41, 5.74) is 1.17. The smallest absolute Gasteiger partial charge is 0.270 e. The highest BCUT2D eigenvalue weighted by atomic mass is 32.2. The number of aryl methyl sites for hydroxylation is 1. The number of aromatic nitrogens is 3. The van der Waals surface area contributed by atoms with E-state index in [2.05, 4.69) is 26.8 Å². The molecule has 0 saturated carbocycles. The van der Waals surface area contributed by atoms with E-state index in [9.17, 15) is 13.2 Å². The highest BCUT2D eigenvalue weighted by molar-refractivity contribution is 7.92. The first kappa shape index (κ1) is 17.5. The monoisotopic (exact) mass is 365 g/mol. The molecule has 0 atom stereocenters. The lowest BCUT2D eigenvalue weighted by molar-refractivity contribution is 0.0787. The first-order chi connectivity index (χ1) is 12.0. The van der Waals surface area contributed by atoms with Crippen molar-refractivity contribution in [1.82, 2.24) is 20.1 Å². The second-order valence-electron chi connectivity index (χ2n) is 6.24. The van der Waals surface area contributed by atoms with Gasteiger partial charge >= 0.3 is 0 Å². The average molecular weight is 365 g/mol. The van der Waals surface area contributed by atoms with E-state index >= 15 is 0 Å². The van der Waals surface area contributed by atoms with Crippen molar-refractivity contribution in [3.63, 3.8) is 0 Å². The van der Waals surface area contributed by atoms with Gasteiger partial charge < -0.3 is 9.88 Å². The van der Waals surface area contributed by atoms with Crippen LogP contribution in [0, 0.1) is 0 Å². The number of rotatable bonds is 7. The molecule has 136 valence electrons. The maximum absolute atomic E-state index is 12.5. The topological polar surface area (TPSA) is 111 Å². The van der Waals surface area contributed by atoms with Crippen molar-refractivity contribution >= 4 is 21.7 Å². The van der Waals surface area contributed by atoms with Gasteiger partial charge in [-0.3, -0.25) is 14.6 Å². The second kappa shape index (κ2) is 7.30. The zero-order valence-corrected chi connectivity index (χ0v) is 15.0. The summed E-state index contributed by atoms with van der Waals surface area (Å²) in [6, 6.07) is 3.06. The number of amides is 1. The van der Waals surface area contributed by atoms with Crippen molar-refractivity contribution < 1.29 is 13.2 Å². The maximum Gasteiger partial charge on any atom is 0.270 e. The summed E-state index contributed by atoms with van der Waals surface area (Å²) in [7, 11) is -3.79. The molecule has 0 aromatic carbocycles. The third kappa shape index (κ3) is 4.04. The van der Waals surface area contributed by atoms with Crippen LogP contribution in [0.1, 0.15) is 48.8 Å². The molecule has 3 N–H and O–H groups in total. The van der Waals surface area contributed by atoms with E-state index < -0.39 is 10.0 Å². The number of H-pyrrole nitrogens is 2. The first-order valence-corrected chi connectivity index (χ1v) is 10.0. The molecule has 2 aromatic rings. The fraction of sp³-hybridized carbons (Fsp3) is 0.500. The first-order valence-electron chi connectivity index (χ1n) is 8.54. The Labute approximate surface area is 147 Å². The van der Waals surface area contributed by atoms with Crippen LogP contribution in [-0.4, -0.2) is 47.5 Å². The van der Waals surface area contributed by atoms with E-state index in [1.165, 1.54) is 12.3 Å². The standard InChI is InChI=1S/C16H23N5O3S/c1-2-3-6-12-9-15(19-18-12)20-25(23,24)13-10-14(17-11-13)16(22)21-7-4-5-8-21/h9-11,17H,2-8H2,1H3,(H2,18,19,20). The summed E-state index contributed by atoms with van der Waals surface area (Å²) in [5.74, 6) is 0.0836. The number of hydrogen-bond acceptors (Lipinski definition) is 4. The Morgan fingerprint density at radius 2 is 2.08 bits per heavy atom. The summed E-state index contributed by atoms with van der Waals surface area (Å²) in [6.07, 6.45) is 6.18. The van der Waals surface area contributed by atoms with Crippen LogP contribution in [0.15, 0.2) is 23.2 Å². The lowest BCUT2D eigenvalue weighted by Gasteiger charge is -2.13. The van der Waals surface area contributed by atoms with Gasteiger partial charge in [-0.2, -0.15) is 5.10 Å². The van der Waals surface area contributed by atoms with Crippen molar-refractivity contribution in [3.8, 4) is 0 Å². The Morgan fingerprint density at radius 1 is 1.32 bits per heavy atom. The van der Waals surface area contributed by atoms with Crippen LogP contribution in [0.4, 0.5) is 5.82 Å². The second-order valence-corrected chi connectivity index (χ2v) is 7.92. The summed E-state index contributed by atoms with van der Waals surface area (Å²) >= 11 is 0. The number of aromatic amines is 2. The molecular formula is C16H23N5O3S. The quantitative estimate of drug-likeness (QED) is 0.698. The van der Waals surface area contributed by atoms with E-state index in [0.29, 0.717) is 13.1 Å².